The standard InChI is InChI=1S/C19H16ClFN4O/c20-14-3-1-13(2-4-14)9-11-22-19-23-12-10-17(25-19)18(26)24-16-7-5-15(21)6-8-16/h1-8,10,12H,9,11H2,(H,24,26)(H,22,23,25). The Kier molecular flexibility index (Phi) is 5.76. The Hall–Kier alpha value is -2.99. The third-order valence-corrected chi connectivity index (χ3v) is 3.85. The molecule has 0 saturated heterocycles. The van der Waals surface area contributed by atoms with Gasteiger partial charge in [-0.15, -0.1) is 0 Å². The molecule has 5 nitrogen and oxygen atoms in total. The van der Waals surface area contributed by atoms with Gasteiger partial charge in [0.1, 0.15) is 11.5 Å². The van der Waals surface area contributed by atoms with E-state index in [-0.39, 0.29) is 17.4 Å². The van der Waals surface area contributed by atoms with Crippen LogP contribution < -0.4 is 10.6 Å². The van der Waals surface area contributed by atoms with Gasteiger partial charge < -0.3 is 10.6 Å². The largest absolute Gasteiger partial charge is 0.354 e. The van der Waals surface area contributed by atoms with Gasteiger partial charge in [0, 0.05) is 23.5 Å². The molecule has 7 heteroatoms. The molecule has 1 aromatic heterocycles. The SMILES string of the molecule is O=C(Nc1ccc(F)cc1)c1ccnc(NCCc2ccc(Cl)cc2)n1. The zero-order valence-corrected chi connectivity index (χ0v) is 14.5. The first-order valence-electron chi connectivity index (χ1n) is 7.98. The Labute approximate surface area is 155 Å². The lowest BCUT2D eigenvalue weighted by Crippen LogP contribution is -2.16. The van der Waals surface area contributed by atoms with E-state index in [1.54, 1.807) is 0 Å². The number of amides is 1. The van der Waals surface area contributed by atoms with Crippen LogP contribution in [0.3, 0.4) is 0 Å². The number of rotatable bonds is 6. The van der Waals surface area contributed by atoms with Crippen LogP contribution in [0.25, 0.3) is 0 Å². The first-order chi connectivity index (χ1) is 12.6. The van der Waals surface area contributed by atoms with E-state index in [0.29, 0.717) is 23.2 Å². The van der Waals surface area contributed by atoms with Crippen LogP contribution in [0, 0.1) is 5.82 Å². The Bertz CT molecular complexity index is 885. The molecule has 0 bridgehead atoms. The van der Waals surface area contributed by atoms with Crippen LogP contribution in [0.4, 0.5) is 16.0 Å². The van der Waals surface area contributed by atoms with Crippen molar-refractivity contribution < 1.29 is 9.18 Å². The summed E-state index contributed by atoms with van der Waals surface area (Å²) in [6.45, 7) is 0.616. The molecule has 2 aromatic carbocycles. The maximum absolute atomic E-state index is 12.9. The molecule has 0 saturated carbocycles. The summed E-state index contributed by atoms with van der Waals surface area (Å²) in [6, 6.07) is 14.6. The first-order valence-corrected chi connectivity index (χ1v) is 8.36. The molecule has 0 atom stereocenters. The summed E-state index contributed by atoms with van der Waals surface area (Å²) in [7, 11) is 0. The molecule has 0 fully saturated rings. The highest BCUT2D eigenvalue weighted by Gasteiger charge is 2.09. The van der Waals surface area contributed by atoms with E-state index in [2.05, 4.69) is 20.6 Å². The molecular formula is C19H16ClFN4O. The number of aromatic nitrogens is 2. The Morgan fingerprint density at radius 2 is 1.77 bits per heavy atom. The maximum Gasteiger partial charge on any atom is 0.274 e. The number of anilines is 2. The van der Waals surface area contributed by atoms with E-state index in [1.165, 1.54) is 36.5 Å². The van der Waals surface area contributed by atoms with Gasteiger partial charge in [-0.1, -0.05) is 23.7 Å². The minimum absolute atomic E-state index is 0.221. The highest BCUT2D eigenvalue weighted by atomic mass is 35.5. The second-order valence-electron chi connectivity index (χ2n) is 5.53. The minimum atomic E-state index is -0.389. The van der Waals surface area contributed by atoms with Crippen molar-refractivity contribution in [3.8, 4) is 0 Å². The maximum atomic E-state index is 12.9. The smallest absolute Gasteiger partial charge is 0.274 e. The molecule has 0 aliphatic carbocycles. The van der Waals surface area contributed by atoms with E-state index in [9.17, 15) is 9.18 Å². The number of halogens is 2. The number of carbonyl (C=O) groups is 1. The van der Waals surface area contributed by atoms with Crippen molar-refractivity contribution in [1.82, 2.24) is 9.97 Å². The predicted molar refractivity (Wildman–Crippen MR) is 100 cm³/mol. The quantitative estimate of drug-likeness (QED) is 0.683. The monoisotopic (exact) mass is 370 g/mol. The van der Waals surface area contributed by atoms with Gasteiger partial charge in [0.25, 0.3) is 5.91 Å². The van der Waals surface area contributed by atoms with Crippen LogP contribution in [-0.2, 0) is 6.42 Å². The lowest BCUT2D eigenvalue weighted by Gasteiger charge is -2.08. The molecule has 3 aromatic rings. The lowest BCUT2D eigenvalue weighted by molar-refractivity contribution is 0.102. The van der Waals surface area contributed by atoms with Crippen molar-refractivity contribution >= 4 is 29.1 Å². The highest BCUT2D eigenvalue weighted by Crippen LogP contribution is 2.11. The van der Waals surface area contributed by atoms with E-state index >= 15 is 0 Å². The number of nitrogens with zero attached hydrogens (tertiary/aromatic N) is 2. The normalized spacial score (nSPS) is 10.4. The van der Waals surface area contributed by atoms with E-state index in [1.807, 2.05) is 24.3 Å². The molecule has 26 heavy (non-hydrogen) atoms. The third kappa shape index (κ3) is 5.00. The van der Waals surface area contributed by atoms with Crippen molar-refractivity contribution in [3.63, 3.8) is 0 Å². The van der Waals surface area contributed by atoms with Crippen LogP contribution in [0.1, 0.15) is 16.1 Å². The van der Waals surface area contributed by atoms with Crippen molar-refractivity contribution in [3.05, 3.63) is 82.9 Å². The molecule has 3 rings (SSSR count). The third-order valence-electron chi connectivity index (χ3n) is 3.60. The van der Waals surface area contributed by atoms with Crippen LogP contribution in [0.15, 0.2) is 60.8 Å². The molecule has 0 aliphatic rings. The molecule has 2 N–H and O–H groups in total. The lowest BCUT2D eigenvalue weighted by atomic mass is 10.1. The number of hydrogen-bond donors (Lipinski definition) is 2. The second kappa shape index (κ2) is 8.40. The molecule has 1 heterocycles. The molecule has 0 aliphatic heterocycles. The van der Waals surface area contributed by atoms with Crippen LogP contribution >= 0.6 is 11.6 Å². The average Bonchev–Trinajstić information content (AvgIpc) is 2.65. The Morgan fingerprint density at radius 3 is 2.50 bits per heavy atom. The minimum Gasteiger partial charge on any atom is -0.354 e. The zero-order chi connectivity index (χ0) is 18.4. The van der Waals surface area contributed by atoms with Gasteiger partial charge in [0.15, 0.2) is 0 Å². The molecular weight excluding hydrogens is 355 g/mol. The second-order valence-corrected chi connectivity index (χ2v) is 5.97. The molecule has 1 amide bonds. The van der Waals surface area contributed by atoms with Crippen molar-refractivity contribution in [2.45, 2.75) is 6.42 Å². The summed E-state index contributed by atoms with van der Waals surface area (Å²) in [5.41, 5.74) is 1.85. The first kappa shape index (κ1) is 17.8. The van der Waals surface area contributed by atoms with Crippen molar-refractivity contribution in [1.29, 1.82) is 0 Å². The van der Waals surface area contributed by atoms with Gasteiger partial charge >= 0.3 is 0 Å². The molecule has 0 unspecified atom stereocenters. The Morgan fingerprint density at radius 1 is 1.04 bits per heavy atom. The average molecular weight is 371 g/mol. The summed E-state index contributed by atoms with van der Waals surface area (Å²) in [6.07, 6.45) is 2.28. The number of benzene rings is 2. The van der Waals surface area contributed by atoms with Gasteiger partial charge in [-0.2, -0.15) is 0 Å². The fourth-order valence-corrected chi connectivity index (χ4v) is 2.39. The Balaban J connectivity index is 1.57. The van der Waals surface area contributed by atoms with E-state index in [0.717, 1.165) is 12.0 Å². The molecule has 132 valence electrons. The molecule has 0 radical (unpaired) electrons. The summed E-state index contributed by atoms with van der Waals surface area (Å²) in [4.78, 5) is 20.6. The predicted octanol–water partition coefficient (Wildman–Crippen LogP) is 4.18. The fourth-order valence-electron chi connectivity index (χ4n) is 2.27. The topological polar surface area (TPSA) is 66.9 Å². The van der Waals surface area contributed by atoms with Crippen LogP contribution in [0.5, 0.6) is 0 Å². The fraction of sp³-hybridized carbons (Fsp3) is 0.105. The van der Waals surface area contributed by atoms with Gasteiger partial charge in [-0.3, -0.25) is 4.79 Å². The van der Waals surface area contributed by atoms with Crippen molar-refractivity contribution in [2.75, 3.05) is 17.2 Å². The van der Waals surface area contributed by atoms with Crippen LogP contribution in [0.2, 0.25) is 5.02 Å². The molecule has 0 spiro atoms. The number of carbonyl (C=O) groups excluding carboxylic acids is 1. The van der Waals surface area contributed by atoms with Gasteiger partial charge in [0.2, 0.25) is 5.95 Å². The summed E-state index contributed by atoms with van der Waals surface area (Å²) >= 11 is 5.86. The zero-order valence-electron chi connectivity index (χ0n) is 13.7. The van der Waals surface area contributed by atoms with E-state index in [4.69, 9.17) is 11.6 Å². The van der Waals surface area contributed by atoms with Crippen LogP contribution in [-0.4, -0.2) is 22.4 Å². The van der Waals surface area contributed by atoms with E-state index < -0.39 is 0 Å². The van der Waals surface area contributed by atoms with Crippen molar-refractivity contribution in [2.24, 2.45) is 0 Å². The summed E-state index contributed by atoms with van der Waals surface area (Å²) < 4.78 is 12.9. The number of hydrogen-bond acceptors (Lipinski definition) is 4. The van der Waals surface area contributed by atoms with Gasteiger partial charge in [-0.05, 0) is 54.4 Å². The van der Waals surface area contributed by atoms with Gasteiger partial charge in [-0.25, -0.2) is 14.4 Å². The highest BCUT2D eigenvalue weighted by molar-refractivity contribution is 6.30. The van der Waals surface area contributed by atoms with Gasteiger partial charge in [0.05, 0.1) is 0 Å². The number of nitrogens with one attached hydrogen (secondary N) is 2. The summed E-state index contributed by atoms with van der Waals surface area (Å²) in [5.74, 6) is -0.386. The summed E-state index contributed by atoms with van der Waals surface area (Å²) in [5, 5.41) is 6.45.